The van der Waals surface area contributed by atoms with E-state index in [4.69, 9.17) is 9.47 Å². The van der Waals surface area contributed by atoms with Gasteiger partial charge in [-0.3, -0.25) is 4.79 Å². The molecule has 0 aliphatic carbocycles. The molecule has 1 aliphatic rings. The molecule has 1 aliphatic heterocycles. The zero-order valence-electron chi connectivity index (χ0n) is 10.5. The minimum Gasteiger partial charge on any atom is -0.465 e. The second kappa shape index (κ2) is 6.86. The molecule has 3 atom stereocenters. The normalized spacial score (nSPS) is 26.7. The average molecular weight is 229 g/mol. The van der Waals surface area contributed by atoms with E-state index in [0.29, 0.717) is 25.7 Å². The first-order valence-corrected chi connectivity index (χ1v) is 6.10. The van der Waals surface area contributed by atoms with Crippen LogP contribution >= 0.6 is 0 Å². The minimum atomic E-state index is -0.140. The molecule has 94 valence electrons. The summed E-state index contributed by atoms with van der Waals surface area (Å²) in [6, 6.07) is 0.106. The summed E-state index contributed by atoms with van der Waals surface area (Å²) < 4.78 is 10.6. The van der Waals surface area contributed by atoms with Crippen LogP contribution in [0, 0.1) is 11.8 Å². The van der Waals surface area contributed by atoms with Gasteiger partial charge in [-0.15, -0.1) is 0 Å². The Hall–Kier alpha value is -0.610. The summed E-state index contributed by atoms with van der Waals surface area (Å²) in [7, 11) is 1.85. The largest absolute Gasteiger partial charge is 0.465 e. The molecular weight excluding hydrogens is 206 g/mol. The maximum absolute atomic E-state index is 11.8. The standard InChI is InChI=1S/C12H23NO3/c1-4-5-9(2)6-16-12(14)10-7-15-8-11(10)13-3/h9-11,13H,4-8H2,1-3H3. The molecule has 0 radical (unpaired) electrons. The third-order valence-corrected chi connectivity index (χ3v) is 3.05. The number of hydrogen-bond acceptors (Lipinski definition) is 4. The van der Waals surface area contributed by atoms with Gasteiger partial charge in [-0.05, 0) is 19.4 Å². The molecule has 0 aromatic carbocycles. The van der Waals surface area contributed by atoms with Gasteiger partial charge in [0.25, 0.3) is 0 Å². The Balaban J connectivity index is 2.29. The van der Waals surface area contributed by atoms with Gasteiger partial charge in [0.1, 0.15) is 0 Å². The van der Waals surface area contributed by atoms with E-state index in [0.717, 1.165) is 12.8 Å². The third kappa shape index (κ3) is 3.76. The van der Waals surface area contributed by atoms with E-state index in [1.807, 2.05) is 7.05 Å². The molecule has 0 saturated carbocycles. The number of ether oxygens (including phenoxy) is 2. The molecule has 16 heavy (non-hydrogen) atoms. The number of carbonyl (C=O) groups is 1. The van der Waals surface area contributed by atoms with E-state index < -0.39 is 0 Å². The summed E-state index contributed by atoms with van der Waals surface area (Å²) in [4.78, 5) is 11.8. The summed E-state index contributed by atoms with van der Waals surface area (Å²) >= 11 is 0. The Bertz CT molecular complexity index is 220. The van der Waals surface area contributed by atoms with Gasteiger partial charge in [0.05, 0.1) is 25.7 Å². The van der Waals surface area contributed by atoms with Crippen LogP contribution < -0.4 is 5.32 Å². The quantitative estimate of drug-likeness (QED) is 0.695. The van der Waals surface area contributed by atoms with E-state index in [-0.39, 0.29) is 17.9 Å². The van der Waals surface area contributed by atoms with E-state index >= 15 is 0 Å². The van der Waals surface area contributed by atoms with Crippen molar-refractivity contribution in [1.29, 1.82) is 0 Å². The highest BCUT2D eigenvalue weighted by Gasteiger charge is 2.34. The van der Waals surface area contributed by atoms with E-state index in [1.54, 1.807) is 0 Å². The van der Waals surface area contributed by atoms with Crippen molar-refractivity contribution in [3.8, 4) is 0 Å². The van der Waals surface area contributed by atoms with E-state index in [1.165, 1.54) is 0 Å². The fourth-order valence-electron chi connectivity index (χ4n) is 1.98. The first kappa shape index (κ1) is 13.5. The lowest BCUT2D eigenvalue weighted by Gasteiger charge is -2.17. The number of carbonyl (C=O) groups excluding carboxylic acids is 1. The number of esters is 1. The molecule has 0 bridgehead atoms. The number of likely N-dealkylation sites (N-methyl/N-ethyl adjacent to an activating group) is 1. The van der Waals surface area contributed by atoms with Gasteiger partial charge in [-0.25, -0.2) is 0 Å². The van der Waals surface area contributed by atoms with Crippen molar-refractivity contribution in [3.05, 3.63) is 0 Å². The van der Waals surface area contributed by atoms with Crippen molar-refractivity contribution in [1.82, 2.24) is 5.32 Å². The molecule has 0 aromatic heterocycles. The lowest BCUT2D eigenvalue weighted by molar-refractivity contribution is -0.150. The van der Waals surface area contributed by atoms with Crippen LogP contribution in [0.2, 0.25) is 0 Å². The smallest absolute Gasteiger partial charge is 0.312 e. The van der Waals surface area contributed by atoms with Gasteiger partial charge in [0, 0.05) is 6.04 Å². The minimum absolute atomic E-state index is 0.106. The zero-order chi connectivity index (χ0) is 12.0. The van der Waals surface area contributed by atoms with Crippen LogP contribution in [0.1, 0.15) is 26.7 Å². The highest BCUT2D eigenvalue weighted by atomic mass is 16.5. The Labute approximate surface area is 97.7 Å². The fourth-order valence-corrected chi connectivity index (χ4v) is 1.98. The van der Waals surface area contributed by atoms with Crippen LogP contribution in [0.25, 0.3) is 0 Å². The predicted octanol–water partition coefficient (Wildman–Crippen LogP) is 1.20. The van der Waals surface area contributed by atoms with Crippen molar-refractivity contribution < 1.29 is 14.3 Å². The van der Waals surface area contributed by atoms with Crippen LogP contribution in [-0.4, -0.2) is 38.9 Å². The molecule has 1 heterocycles. The lowest BCUT2D eigenvalue weighted by Crippen LogP contribution is -2.38. The fraction of sp³-hybridized carbons (Fsp3) is 0.917. The summed E-state index contributed by atoms with van der Waals surface area (Å²) in [6.07, 6.45) is 2.23. The van der Waals surface area contributed by atoms with Crippen LogP contribution in [0.5, 0.6) is 0 Å². The van der Waals surface area contributed by atoms with Crippen molar-refractivity contribution in [3.63, 3.8) is 0 Å². The summed E-state index contributed by atoms with van der Waals surface area (Å²) in [5.41, 5.74) is 0. The molecule has 0 amide bonds. The predicted molar refractivity (Wildman–Crippen MR) is 62.2 cm³/mol. The van der Waals surface area contributed by atoms with Gasteiger partial charge in [0.15, 0.2) is 0 Å². The Morgan fingerprint density at radius 2 is 2.31 bits per heavy atom. The first-order chi connectivity index (χ1) is 7.69. The number of rotatable bonds is 6. The molecule has 1 rings (SSSR count). The molecule has 0 aromatic rings. The molecule has 1 saturated heterocycles. The topological polar surface area (TPSA) is 47.6 Å². The third-order valence-electron chi connectivity index (χ3n) is 3.05. The van der Waals surface area contributed by atoms with Crippen LogP contribution in [0.4, 0.5) is 0 Å². The SMILES string of the molecule is CCCC(C)COC(=O)C1COCC1NC. The highest BCUT2D eigenvalue weighted by molar-refractivity contribution is 5.73. The molecule has 4 heteroatoms. The molecule has 1 fully saturated rings. The van der Waals surface area contributed by atoms with Gasteiger partial charge in [-0.1, -0.05) is 20.3 Å². The zero-order valence-corrected chi connectivity index (χ0v) is 10.5. The van der Waals surface area contributed by atoms with Crippen LogP contribution in [0.15, 0.2) is 0 Å². The lowest BCUT2D eigenvalue weighted by atomic mass is 10.0. The summed E-state index contributed by atoms with van der Waals surface area (Å²) in [5, 5.41) is 3.08. The molecule has 4 nitrogen and oxygen atoms in total. The van der Waals surface area contributed by atoms with E-state index in [2.05, 4.69) is 19.2 Å². The molecule has 0 spiro atoms. The van der Waals surface area contributed by atoms with E-state index in [9.17, 15) is 4.79 Å². The first-order valence-electron chi connectivity index (χ1n) is 6.10. The highest BCUT2D eigenvalue weighted by Crippen LogP contribution is 2.16. The molecule has 3 unspecified atom stereocenters. The molecular formula is C12H23NO3. The van der Waals surface area contributed by atoms with Crippen molar-refractivity contribution in [2.75, 3.05) is 26.9 Å². The van der Waals surface area contributed by atoms with Crippen LogP contribution in [0.3, 0.4) is 0 Å². The summed E-state index contributed by atoms with van der Waals surface area (Å²) in [6.45, 7) is 5.85. The van der Waals surface area contributed by atoms with Crippen LogP contribution in [-0.2, 0) is 14.3 Å². The van der Waals surface area contributed by atoms with Gasteiger partial charge in [0.2, 0.25) is 0 Å². The van der Waals surface area contributed by atoms with Crippen molar-refractivity contribution in [2.45, 2.75) is 32.7 Å². The second-order valence-corrected chi connectivity index (χ2v) is 4.56. The maximum atomic E-state index is 11.8. The van der Waals surface area contributed by atoms with Gasteiger partial charge in [-0.2, -0.15) is 0 Å². The van der Waals surface area contributed by atoms with Gasteiger partial charge < -0.3 is 14.8 Å². The Kier molecular flexibility index (Phi) is 5.77. The summed E-state index contributed by atoms with van der Waals surface area (Å²) in [5.74, 6) is 0.183. The average Bonchev–Trinajstić information content (AvgIpc) is 2.74. The number of hydrogen-bond donors (Lipinski definition) is 1. The van der Waals surface area contributed by atoms with Gasteiger partial charge >= 0.3 is 5.97 Å². The second-order valence-electron chi connectivity index (χ2n) is 4.56. The Morgan fingerprint density at radius 3 is 2.94 bits per heavy atom. The Morgan fingerprint density at radius 1 is 1.56 bits per heavy atom. The monoisotopic (exact) mass is 229 g/mol. The maximum Gasteiger partial charge on any atom is 0.312 e. The molecule has 1 N–H and O–H groups in total. The number of nitrogens with one attached hydrogen (secondary N) is 1. The van der Waals surface area contributed by atoms with Crippen molar-refractivity contribution >= 4 is 5.97 Å². The van der Waals surface area contributed by atoms with Crippen molar-refractivity contribution in [2.24, 2.45) is 11.8 Å².